The minimum Gasteiger partial charge on any atom is -0.465 e. The van der Waals surface area contributed by atoms with Crippen molar-refractivity contribution in [2.75, 3.05) is 13.2 Å². The van der Waals surface area contributed by atoms with Crippen molar-refractivity contribution in [3.8, 4) is 5.69 Å². The number of thiocarbonyl (C=S) groups is 1. The largest absolute Gasteiger partial charge is 0.465 e. The van der Waals surface area contributed by atoms with Crippen molar-refractivity contribution in [1.29, 1.82) is 0 Å². The molecule has 1 aliphatic rings. The summed E-state index contributed by atoms with van der Waals surface area (Å²) >= 11 is 11.6. The van der Waals surface area contributed by atoms with Crippen LogP contribution in [0.25, 0.3) is 5.69 Å². The van der Waals surface area contributed by atoms with Crippen molar-refractivity contribution < 1.29 is 13.9 Å². The van der Waals surface area contributed by atoms with Crippen molar-refractivity contribution in [2.45, 2.75) is 19.0 Å². The molecular formula is C22H20ClFN4O2S. The number of nitrogens with one attached hydrogen (secondary N) is 1. The van der Waals surface area contributed by atoms with E-state index < -0.39 is 5.82 Å². The maximum Gasteiger partial charge on any atom is 0.325 e. The normalized spacial score (nSPS) is 18.2. The molecule has 1 aliphatic heterocycles. The van der Waals surface area contributed by atoms with E-state index in [4.69, 9.17) is 28.6 Å². The number of carbonyl (C=O) groups is 1. The lowest BCUT2D eigenvalue weighted by Gasteiger charge is -2.28. The zero-order valence-corrected chi connectivity index (χ0v) is 18.2. The molecule has 1 fully saturated rings. The van der Waals surface area contributed by atoms with E-state index in [9.17, 15) is 9.18 Å². The Morgan fingerprint density at radius 2 is 2.13 bits per heavy atom. The number of halogens is 2. The minimum atomic E-state index is -0.488. The number of aromatic nitrogens is 2. The zero-order chi connectivity index (χ0) is 22.0. The van der Waals surface area contributed by atoms with Gasteiger partial charge < -0.3 is 19.5 Å². The molecule has 0 aliphatic carbocycles. The highest BCUT2D eigenvalue weighted by Gasteiger charge is 2.42. The van der Waals surface area contributed by atoms with Crippen molar-refractivity contribution in [3.05, 3.63) is 83.2 Å². The van der Waals surface area contributed by atoms with Gasteiger partial charge in [-0.2, -0.15) is 0 Å². The molecule has 0 bridgehead atoms. The molecular weight excluding hydrogens is 439 g/mol. The van der Waals surface area contributed by atoms with Gasteiger partial charge in [0.15, 0.2) is 5.11 Å². The number of hydrogen-bond acceptors (Lipinski definition) is 4. The Morgan fingerprint density at radius 1 is 1.29 bits per heavy atom. The van der Waals surface area contributed by atoms with Gasteiger partial charge in [-0.3, -0.25) is 9.78 Å². The molecule has 0 saturated carbocycles. The smallest absolute Gasteiger partial charge is 0.325 e. The SMILES string of the molecule is CCOC(=O)CN1C(=S)N[C@@H](c2ccccn2)[C@@H]1c1cccn1-c1ccc(F)c(Cl)c1. The predicted molar refractivity (Wildman–Crippen MR) is 120 cm³/mol. The number of benzene rings is 1. The van der Waals surface area contributed by atoms with Crippen LogP contribution >= 0.6 is 23.8 Å². The van der Waals surface area contributed by atoms with Gasteiger partial charge in [-0.1, -0.05) is 17.7 Å². The van der Waals surface area contributed by atoms with Crippen LogP contribution in [0.1, 0.15) is 30.4 Å². The Hall–Kier alpha value is -2.97. The van der Waals surface area contributed by atoms with Crippen LogP contribution in [0, 0.1) is 5.82 Å². The van der Waals surface area contributed by atoms with Crippen LogP contribution in [0.5, 0.6) is 0 Å². The maximum absolute atomic E-state index is 13.7. The Labute approximate surface area is 189 Å². The Morgan fingerprint density at radius 3 is 2.84 bits per heavy atom. The molecule has 0 radical (unpaired) electrons. The molecule has 9 heteroatoms. The molecule has 2 aromatic heterocycles. The molecule has 31 heavy (non-hydrogen) atoms. The molecule has 3 heterocycles. The van der Waals surface area contributed by atoms with Crippen molar-refractivity contribution in [1.82, 2.24) is 19.8 Å². The fraction of sp³-hybridized carbons (Fsp3) is 0.227. The van der Waals surface area contributed by atoms with Crippen LogP contribution in [0.15, 0.2) is 60.9 Å². The summed E-state index contributed by atoms with van der Waals surface area (Å²) in [4.78, 5) is 18.6. The first-order chi connectivity index (χ1) is 15.0. The van der Waals surface area contributed by atoms with Crippen molar-refractivity contribution in [3.63, 3.8) is 0 Å². The number of pyridine rings is 1. The van der Waals surface area contributed by atoms with E-state index in [0.29, 0.717) is 10.8 Å². The fourth-order valence-electron chi connectivity index (χ4n) is 3.75. The summed E-state index contributed by atoms with van der Waals surface area (Å²) < 4.78 is 20.8. The highest BCUT2D eigenvalue weighted by molar-refractivity contribution is 7.80. The molecule has 160 valence electrons. The van der Waals surface area contributed by atoms with E-state index in [-0.39, 0.29) is 36.2 Å². The topological polar surface area (TPSA) is 59.4 Å². The van der Waals surface area contributed by atoms with Gasteiger partial charge in [0.2, 0.25) is 0 Å². The molecule has 2 atom stereocenters. The monoisotopic (exact) mass is 458 g/mol. The fourth-order valence-corrected chi connectivity index (χ4v) is 4.23. The third kappa shape index (κ3) is 4.26. The van der Waals surface area contributed by atoms with E-state index >= 15 is 0 Å². The molecule has 3 aromatic rings. The summed E-state index contributed by atoms with van der Waals surface area (Å²) in [7, 11) is 0. The first kappa shape index (κ1) is 21.3. The van der Waals surface area contributed by atoms with Gasteiger partial charge in [-0.25, -0.2) is 4.39 Å². The third-order valence-electron chi connectivity index (χ3n) is 5.07. The first-order valence-electron chi connectivity index (χ1n) is 9.76. The lowest BCUT2D eigenvalue weighted by atomic mass is 10.0. The Kier molecular flexibility index (Phi) is 6.20. The first-order valence-corrected chi connectivity index (χ1v) is 10.5. The van der Waals surface area contributed by atoms with Gasteiger partial charge in [0.05, 0.1) is 29.4 Å². The molecule has 1 aromatic carbocycles. The lowest BCUT2D eigenvalue weighted by Crippen LogP contribution is -2.36. The highest BCUT2D eigenvalue weighted by Crippen LogP contribution is 2.39. The Bertz CT molecular complexity index is 1110. The van der Waals surface area contributed by atoms with E-state index in [0.717, 1.165) is 11.4 Å². The number of carbonyl (C=O) groups excluding carboxylic acids is 1. The molecule has 1 saturated heterocycles. The number of ether oxygens (including phenoxy) is 1. The molecule has 6 nitrogen and oxygen atoms in total. The van der Waals surface area contributed by atoms with Gasteiger partial charge in [-0.15, -0.1) is 0 Å². The predicted octanol–water partition coefficient (Wildman–Crippen LogP) is 4.20. The summed E-state index contributed by atoms with van der Waals surface area (Å²) in [6.45, 7) is 2.03. The van der Waals surface area contributed by atoms with Crippen LogP contribution in [0.4, 0.5) is 4.39 Å². The van der Waals surface area contributed by atoms with Crippen LogP contribution in [-0.4, -0.2) is 38.7 Å². The van der Waals surface area contributed by atoms with Crippen molar-refractivity contribution >= 4 is 34.9 Å². The second kappa shape index (κ2) is 9.03. The van der Waals surface area contributed by atoms with E-state index in [1.165, 1.54) is 6.07 Å². The second-order valence-electron chi connectivity index (χ2n) is 6.96. The summed E-state index contributed by atoms with van der Waals surface area (Å²) in [5, 5.41) is 3.75. The summed E-state index contributed by atoms with van der Waals surface area (Å²) in [5.41, 5.74) is 2.32. The summed E-state index contributed by atoms with van der Waals surface area (Å²) in [6.07, 6.45) is 3.57. The van der Waals surface area contributed by atoms with Gasteiger partial charge >= 0.3 is 5.97 Å². The van der Waals surface area contributed by atoms with Gasteiger partial charge in [0, 0.05) is 23.8 Å². The van der Waals surface area contributed by atoms with E-state index in [1.807, 2.05) is 41.1 Å². The van der Waals surface area contributed by atoms with E-state index in [2.05, 4.69) is 10.3 Å². The zero-order valence-electron chi connectivity index (χ0n) is 16.7. The van der Waals surface area contributed by atoms with E-state index in [1.54, 1.807) is 30.2 Å². The number of esters is 1. The van der Waals surface area contributed by atoms with Crippen LogP contribution in [0.3, 0.4) is 0 Å². The molecule has 0 unspecified atom stereocenters. The average molecular weight is 459 g/mol. The molecule has 4 rings (SSSR count). The molecule has 0 spiro atoms. The lowest BCUT2D eigenvalue weighted by molar-refractivity contribution is -0.143. The van der Waals surface area contributed by atoms with Crippen molar-refractivity contribution in [2.24, 2.45) is 0 Å². The maximum atomic E-state index is 13.7. The minimum absolute atomic E-state index is 0.0109. The standard InChI is InChI=1S/C22H20ClFN4O2S/c1-2-30-19(29)13-28-21(20(26-22(28)31)17-6-3-4-10-25-17)18-7-5-11-27(18)14-8-9-16(24)15(23)12-14/h3-12,20-21H,2,13H2,1H3,(H,26,31)/t20-,21-/m0/s1. The second-order valence-corrected chi connectivity index (χ2v) is 7.75. The Balaban J connectivity index is 1.79. The highest BCUT2D eigenvalue weighted by atomic mass is 35.5. The number of nitrogens with zero attached hydrogens (tertiary/aromatic N) is 3. The quantitative estimate of drug-likeness (QED) is 0.441. The van der Waals surface area contributed by atoms with Crippen LogP contribution in [0.2, 0.25) is 5.02 Å². The average Bonchev–Trinajstić information content (AvgIpc) is 3.36. The molecule has 1 N–H and O–H groups in total. The number of rotatable bonds is 6. The van der Waals surface area contributed by atoms with Gasteiger partial charge in [0.25, 0.3) is 0 Å². The molecule has 0 amide bonds. The van der Waals surface area contributed by atoms with Gasteiger partial charge in [0.1, 0.15) is 12.4 Å². The summed E-state index contributed by atoms with van der Waals surface area (Å²) in [5.74, 6) is -0.862. The number of hydrogen-bond donors (Lipinski definition) is 1. The van der Waals surface area contributed by atoms with Crippen LogP contribution < -0.4 is 5.32 Å². The van der Waals surface area contributed by atoms with Crippen LogP contribution in [-0.2, 0) is 9.53 Å². The summed E-state index contributed by atoms with van der Waals surface area (Å²) in [6, 6.07) is 13.3. The van der Waals surface area contributed by atoms with Gasteiger partial charge in [-0.05, 0) is 61.6 Å². The third-order valence-corrected chi connectivity index (χ3v) is 5.71.